The molecule has 9 nitrogen and oxygen atoms in total. The van der Waals surface area contributed by atoms with Crippen molar-refractivity contribution in [3.05, 3.63) is 46.7 Å². The van der Waals surface area contributed by atoms with Gasteiger partial charge >= 0.3 is 35.5 Å². The fraction of sp³-hybridized carbons (Fsp3) is 0.391. The molecule has 2 saturated heterocycles. The van der Waals surface area contributed by atoms with Crippen molar-refractivity contribution in [2.45, 2.75) is 35.6 Å². The molecule has 3 heterocycles. The van der Waals surface area contributed by atoms with E-state index < -0.39 is 23.3 Å². The van der Waals surface area contributed by atoms with Gasteiger partial charge in [0.25, 0.3) is 5.91 Å². The standard InChI is InChI=1S/C23H23N3O6S2.Na.H/c27-12-3-5-13(6-4-12)33-10-16(28)25-18-21(30)26-19(23(31)32)15(9-34-22(18)26)17(11-1-2-11)14-7-8-24-20(14)29;;/h3-6,11,18,22,27H,1-2,7-10H2,(H,24,29)(H,25,28)(H,31,32);;/q;+1;-1/t18-,22-;;/m1../s1. The molecule has 2 atom stereocenters. The average Bonchev–Trinajstić information content (AvgIpc) is 3.57. The Morgan fingerprint density at radius 2 is 1.94 bits per heavy atom. The number of β-lactam (4-membered cyclic amide) rings is 1. The number of rotatable bonds is 7. The first-order valence-corrected chi connectivity index (χ1v) is 13.0. The third-order valence-corrected chi connectivity index (χ3v) is 8.56. The number of allylic oxidation sites excluding steroid dienone is 1. The van der Waals surface area contributed by atoms with E-state index in [1.54, 1.807) is 12.1 Å². The summed E-state index contributed by atoms with van der Waals surface area (Å²) in [5.41, 5.74) is 1.93. The monoisotopic (exact) mass is 525 g/mol. The number of amides is 3. The number of thioether (sulfide) groups is 2. The Kier molecular flexibility index (Phi) is 7.92. The first-order valence-electron chi connectivity index (χ1n) is 11.0. The first kappa shape index (κ1) is 26.2. The van der Waals surface area contributed by atoms with Gasteiger partial charge in [-0.2, -0.15) is 0 Å². The Bertz CT molecular complexity index is 1160. The Morgan fingerprint density at radius 3 is 2.54 bits per heavy atom. The number of phenolic OH excluding ortho intramolecular Hbond substituents is 1. The van der Waals surface area contributed by atoms with Crippen molar-refractivity contribution in [3.63, 3.8) is 0 Å². The van der Waals surface area contributed by atoms with Gasteiger partial charge in [-0.3, -0.25) is 19.3 Å². The molecule has 0 spiro atoms. The number of aromatic hydroxyl groups is 1. The molecule has 180 valence electrons. The minimum Gasteiger partial charge on any atom is -1.00 e. The van der Waals surface area contributed by atoms with Crippen molar-refractivity contribution in [2.75, 3.05) is 18.1 Å². The summed E-state index contributed by atoms with van der Waals surface area (Å²) in [5, 5.41) is 24.4. The molecule has 1 aromatic carbocycles. The summed E-state index contributed by atoms with van der Waals surface area (Å²) in [6.07, 6.45) is 2.37. The molecule has 35 heavy (non-hydrogen) atoms. The fourth-order valence-corrected chi connectivity index (χ4v) is 6.63. The van der Waals surface area contributed by atoms with Crippen LogP contribution in [0.4, 0.5) is 0 Å². The van der Waals surface area contributed by atoms with Crippen LogP contribution in [-0.4, -0.2) is 68.3 Å². The Balaban J connectivity index is 0.00000180. The average molecular weight is 526 g/mol. The number of fused-ring (bicyclic) bond motifs is 1. The molecule has 1 aliphatic carbocycles. The van der Waals surface area contributed by atoms with Crippen LogP contribution >= 0.6 is 23.5 Å². The third-order valence-electron chi connectivity index (χ3n) is 6.26. The SMILES string of the molecule is O=C(CSc1ccc(O)cc1)N[C@@H]1C(=O)N2C(C(=O)O)=C(C(=C3CCNC3=O)C3CC3)CS[C@H]12.[H-].[Na+]. The number of hydrogen-bond acceptors (Lipinski definition) is 7. The number of carbonyl (C=O) groups excluding carboxylic acids is 3. The fourth-order valence-electron chi connectivity index (χ4n) is 4.56. The van der Waals surface area contributed by atoms with E-state index in [1.807, 2.05) is 0 Å². The molecule has 3 fully saturated rings. The van der Waals surface area contributed by atoms with Gasteiger partial charge in [-0.05, 0) is 60.6 Å². The van der Waals surface area contributed by atoms with E-state index in [2.05, 4.69) is 10.6 Å². The summed E-state index contributed by atoms with van der Waals surface area (Å²) >= 11 is 2.69. The Morgan fingerprint density at radius 1 is 1.23 bits per heavy atom. The van der Waals surface area contributed by atoms with Crippen LogP contribution in [0.15, 0.2) is 51.6 Å². The third kappa shape index (κ3) is 5.15. The van der Waals surface area contributed by atoms with Gasteiger partial charge < -0.3 is 22.3 Å². The quantitative estimate of drug-likeness (QED) is 0.147. The summed E-state index contributed by atoms with van der Waals surface area (Å²) < 4.78 is 0. The van der Waals surface area contributed by atoms with Gasteiger partial charge in [0.1, 0.15) is 22.9 Å². The number of phenols is 1. The Hall–Kier alpha value is -1.92. The molecule has 3 aliphatic heterocycles. The van der Waals surface area contributed by atoms with E-state index in [1.165, 1.54) is 40.6 Å². The maximum absolute atomic E-state index is 13.0. The van der Waals surface area contributed by atoms with Crippen LogP contribution in [0.1, 0.15) is 20.7 Å². The molecule has 0 radical (unpaired) electrons. The van der Waals surface area contributed by atoms with Crippen molar-refractivity contribution in [2.24, 2.45) is 5.92 Å². The minimum absolute atomic E-state index is 0. The first-order chi connectivity index (χ1) is 16.3. The summed E-state index contributed by atoms with van der Waals surface area (Å²) in [7, 11) is 0. The van der Waals surface area contributed by atoms with E-state index in [0.717, 1.165) is 23.3 Å². The summed E-state index contributed by atoms with van der Waals surface area (Å²) in [6, 6.07) is 5.67. The van der Waals surface area contributed by atoms with E-state index in [-0.39, 0.29) is 65.9 Å². The number of aliphatic carboxylic acids is 1. The number of carboxylic acid groups (broad SMARTS) is 1. The molecule has 3 amide bonds. The second-order valence-corrected chi connectivity index (χ2v) is 10.7. The summed E-state index contributed by atoms with van der Waals surface area (Å²) in [4.78, 5) is 52.1. The zero-order valence-electron chi connectivity index (χ0n) is 20.1. The van der Waals surface area contributed by atoms with E-state index in [9.17, 15) is 29.4 Å². The van der Waals surface area contributed by atoms with Gasteiger partial charge in [0.2, 0.25) is 11.8 Å². The van der Waals surface area contributed by atoms with Crippen LogP contribution in [0.25, 0.3) is 0 Å². The topological polar surface area (TPSA) is 136 Å². The molecule has 4 aliphatic rings. The number of benzene rings is 1. The predicted molar refractivity (Wildman–Crippen MR) is 127 cm³/mol. The predicted octanol–water partition coefficient (Wildman–Crippen LogP) is -1.43. The molecule has 5 rings (SSSR count). The molecule has 1 saturated carbocycles. The van der Waals surface area contributed by atoms with Crippen molar-refractivity contribution in [1.29, 1.82) is 0 Å². The molecule has 4 N–H and O–H groups in total. The van der Waals surface area contributed by atoms with Crippen LogP contribution in [-0.2, 0) is 19.2 Å². The summed E-state index contributed by atoms with van der Waals surface area (Å²) in [6.45, 7) is 0.536. The second kappa shape index (κ2) is 10.6. The van der Waals surface area contributed by atoms with E-state index in [4.69, 9.17) is 0 Å². The zero-order valence-corrected chi connectivity index (χ0v) is 22.7. The normalized spacial score (nSPS) is 24.7. The minimum atomic E-state index is -1.20. The van der Waals surface area contributed by atoms with Gasteiger partial charge in [0.15, 0.2) is 0 Å². The van der Waals surface area contributed by atoms with Gasteiger partial charge in [-0.15, -0.1) is 23.5 Å². The molecule has 0 aromatic heterocycles. The van der Waals surface area contributed by atoms with Crippen LogP contribution in [0.5, 0.6) is 5.75 Å². The number of carboxylic acids is 1. The molecular formula is C23H24N3NaO6S2. The van der Waals surface area contributed by atoms with E-state index >= 15 is 0 Å². The van der Waals surface area contributed by atoms with Crippen LogP contribution in [0, 0.1) is 5.92 Å². The largest absolute Gasteiger partial charge is 1.00 e. The number of nitrogens with one attached hydrogen (secondary N) is 2. The second-order valence-electron chi connectivity index (χ2n) is 8.54. The Labute approximate surface area is 233 Å². The van der Waals surface area contributed by atoms with Crippen LogP contribution in [0.2, 0.25) is 0 Å². The zero-order chi connectivity index (χ0) is 24.0. The smallest absolute Gasteiger partial charge is 1.00 e. The maximum atomic E-state index is 13.0. The number of hydrogen-bond donors (Lipinski definition) is 4. The van der Waals surface area contributed by atoms with Gasteiger partial charge in [-0.1, -0.05) is 0 Å². The van der Waals surface area contributed by atoms with Crippen molar-refractivity contribution in [3.8, 4) is 5.75 Å². The summed E-state index contributed by atoms with van der Waals surface area (Å²) in [5.74, 6) is -1.38. The molecule has 1 aromatic rings. The van der Waals surface area contributed by atoms with Gasteiger partial charge in [0, 0.05) is 22.8 Å². The van der Waals surface area contributed by atoms with Crippen LogP contribution < -0.4 is 40.2 Å². The van der Waals surface area contributed by atoms with Crippen molar-refractivity contribution in [1.82, 2.24) is 15.5 Å². The van der Waals surface area contributed by atoms with Gasteiger partial charge in [-0.25, -0.2) is 4.79 Å². The maximum Gasteiger partial charge on any atom is 1.00 e. The molecule has 0 unspecified atom stereocenters. The van der Waals surface area contributed by atoms with E-state index in [0.29, 0.717) is 29.9 Å². The van der Waals surface area contributed by atoms with Crippen LogP contribution in [0.3, 0.4) is 0 Å². The van der Waals surface area contributed by atoms with Crippen molar-refractivity contribution >= 4 is 47.2 Å². The molecule has 12 heteroatoms. The number of nitrogens with zero attached hydrogens (tertiary/aromatic N) is 1. The van der Waals surface area contributed by atoms with Gasteiger partial charge in [0.05, 0.1) is 5.75 Å². The number of carbonyl (C=O) groups is 4. The van der Waals surface area contributed by atoms with Crippen molar-refractivity contribution < 1.29 is 60.4 Å². The molecular weight excluding hydrogens is 501 g/mol. The molecule has 0 bridgehead atoms.